The molecule has 0 bridgehead atoms. The molecule has 3 nitrogen and oxygen atoms in total. The summed E-state index contributed by atoms with van der Waals surface area (Å²) in [6, 6.07) is 0. The minimum atomic E-state index is 0. The van der Waals surface area contributed by atoms with Crippen LogP contribution in [0.4, 0.5) is 0 Å². The number of allylic oxidation sites excluding steroid dienone is 3. The summed E-state index contributed by atoms with van der Waals surface area (Å²) in [5, 5.41) is 0. The third-order valence-electron chi connectivity index (χ3n) is 7.63. The first kappa shape index (κ1) is 60.8. The van der Waals surface area contributed by atoms with Gasteiger partial charge in [-0.3, -0.25) is 15.0 Å². The van der Waals surface area contributed by atoms with Crippen LogP contribution in [0.3, 0.4) is 0 Å². The molecule has 3 heteroatoms. The summed E-state index contributed by atoms with van der Waals surface area (Å²) in [6.45, 7) is 52.4. The van der Waals surface area contributed by atoms with E-state index in [2.05, 4.69) is 174 Å². The van der Waals surface area contributed by atoms with Crippen molar-refractivity contribution in [3.05, 3.63) is 23.3 Å². The summed E-state index contributed by atoms with van der Waals surface area (Å²) in [5.74, 6) is 6.36. The molecule has 0 aromatic carbocycles. The molecule has 0 aromatic rings. The Morgan fingerprint density at radius 3 is 0.511 bits per heavy atom. The first-order chi connectivity index (χ1) is 20.3. The van der Waals surface area contributed by atoms with E-state index >= 15 is 0 Å². The zero-order valence-corrected chi connectivity index (χ0v) is 35.8. The van der Waals surface area contributed by atoms with Crippen LogP contribution in [0, 0.1) is 59.2 Å². The second kappa shape index (κ2) is 34.4. The maximum absolute atomic E-state index is 4.20. The van der Waals surface area contributed by atoms with Gasteiger partial charge in [-0.1, -0.05) is 177 Å². The van der Waals surface area contributed by atoms with Crippen LogP contribution >= 0.6 is 0 Å². The van der Waals surface area contributed by atoms with Crippen LogP contribution in [0.1, 0.15) is 167 Å². The van der Waals surface area contributed by atoms with E-state index in [9.17, 15) is 0 Å². The minimum absolute atomic E-state index is 0. The van der Waals surface area contributed by atoms with E-state index in [0.29, 0.717) is 59.2 Å². The van der Waals surface area contributed by atoms with Crippen LogP contribution in [0.5, 0.6) is 0 Å². The fourth-order valence-electron chi connectivity index (χ4n) is 6.04. The summed E-state index contributed by atoms with van der Waals surface area (Å²) in [6.07, 6.45) is 0. The molecule has 0 unspecified atom stereocenters. The van der Waals surface area contributed by atoms with E-state index in [0.717, 1.165) is 0 Å². The van der Waals surface area contributed by atoms with Crippen LogP contribution in [0.15, 0.2) is 38.3 Å². The average molecular weight is 666 g/mol. The zero-order valence-electron chi connectivity index (χ0n) is 35.8. The Hall–Kier alpha value is -1.51. The van der Waals surface area contributed by atoms with Gasteiger partial charge in [-0.05, 0) is 73.0 Å². The van der Waals surface area contributed by atoms with Crippen LogP contribution in [-0.2, 0) is 0 Å². The van der Waals surface area contributed by atoms with Gasteiger partial charge in [-0.15, -0.1) is 0 Å². The molecule has 0 aliphatic carbocycles. The zero-order chi connectivity index (χ0) is 37.4. The first-order valence-electron chi connectivity index (χ1n) is 18.0. The van der Waals surface area contributed by atoms with Gasteiger partial charge >= 0.3 is 0 Å². The van der Waals surface area contributed by atoms with Gasteiger partial charge in [-0.25, -0.2) is 0 Å². The van der Waals surface area contributed by atoms with Gasteiger partial charge in [0.1, 0.15) is 0 Å². The Morgan fingerprint density at radius 2 is 0.511 bits per heavy atom. The Kier molecular flexibility index (Phi) is 44.4. The van der Waals surface area contributed by atoms with Crippen molar-refractivity contribution < 1.29 is 0 Å². The largest absolute Gasteiger partial charge is 0.297 e. The number of nitrogens with zero attached hydrogens (tertiary/aromatic N) is 3. The average Bonchev–Trinajstić information content (AvgIpc) is 2.84. The highest BCUT2D eigenvalue weighted by atomic mass is 14.7. The Morgan fingerprint density at radius 1 is 0.340 bits per heavy atom. The molecule has 0 aliphatic heterocycles. The molecule has 0 aliphatic rings. The van der Waals surface area contributed by atoms with Crippen LogP contribution in [0.25, 0.3) is 0 Å². The first-order valence-corrected chi connectivity index (χ1v) is 18.0. The minimum Gasteiger partial charge on any atom is -0.297 e. The summed E-state index contributed by atoms with van der Waals surface area (Å²) >= 11 is 0. The number of rotatable bonds is 10. The van der Waals surface area contributed by atoms with E-state index < -0.39 is 0 Å². The third-order valence-corrected chi connectivity index (χ3v) is 7.63. The second-order valence-corrected chi connectivity index (χ2v) is 15.5. The number of hydrogen-bond acceptors (Lipinski definition) is 3. The number of hydrogen-bond donors (Lipinski definition) is 0. The smallest absolute Gasteiger partial charge is 0.0276 e. The van der Waals surface area contributed by atoms with Gasteiger partial charge in [0.15, 0.2) is 0 Å². The summed E-state index contributed by atoms with van der Waals surface area (Å²) < 4.78 is 0. The van der Waals surface area contributed by atoms with Crippen molar-refractivity contribution in [3.8, 4) is 0 Å². The van der Waals surface area contributed by atoms with Crippen molar-refractivity contribution in [1.29, 1.82) is 0 Å². The molecule has 0 rings (SSSR count). The lowest BCUT2D eigenvalue weighted by Crippen LogP contribution is -2.14. The van der Waals surface area contributed by atoms with E-state index in [1.807, 2.05) is 21.1 Å². The SMILES string of the molecule is C.C.C=C(C(C)C)C(C)C.CC(C)=C(C(C)C)C(C)C.CN=C(C(C)C)C(C)C.CN=C(C(C)C)C(C)C.CN=C(C(C)C)C(C)C. The van der Waals surface area contributed by atoms with Crippen LogP contribution < -0.4 is 0 Å². The standard InChI is InChI=1S/C10H20.3C8H17N.C8H16.2CH4/c1-7(2)10(8(3)4)9(5)6;3*1-6(2)8(9-5)7(3)4;1-6(2)8(5)7(3)4;;/h7-8H,1-6H3;3*6-7H,1-5H3;6-7H,5H2,1-4H3;2*1H4. The molecule has 0 aromatic heterocycles. The third kappa shape index (κ3) is 34.2. The van der Waals surface area contributed by atoms with Gasteiger partial charge < -0.3 is 0 Å². The molecular formula is C44H95N3. The molecule has 0 N–H and O–H groups in total. The maximum Gasteiger partial charge on any atom is 0.0276 e. The van der Waals surface area contributed by atoms with Crippen LogP contribution in [0.2, 0.25) is 0 Å². The Balaban J connectivity index is -0.0000000843. The number of aliphatic imine (C=N–C) groups is 3. The molecule has 0 fully saturated rings. The van der Waals surface area contributed by atoms with Crippen molar-refractivity contribution in [2.75, 3.05) is 21.1 Å². The Bertz CT molecular complexity index is 719. The lowest BCUT2D eigenvalue weighted by atomic mass is 9.89. The fraction of sp³-hybridized carbons (Fsp3) is 0.841. The topological polar surface area (TPSA) is 37.1 Å². The molecule has 0 saturated carbocycles. The summed E-state index contributed by atoms with van der Waals surface area (Å²) in [5.41, 5.74) is 8.40. The summed E-state index contributed by atoms with van der Waals surface area (Å²) in [7, 11) is 5.61. The highest BCUT2D eigenvalue weighted by molar-refractivity contribution is 5.88. The highest BCUT2D eigenvalue weighted by Gasteiger charge is 2.10. The lowest BCUT2D eigenvalue weighted by Gasteiger charge is -2.17. The molecular weight excluding hydrogens is 571 g/mol. The van der Waals surface area contributed by atoms with Gasteiger partial charge in [0.05, 0.1) is 0 Å². The van der Waals surface area contributed by atoms with Gasteiger partial charge in [0, 0.05) is 38.3 Å². The molecule has 0 saturated heterocycles. The quantitative estimate of drug-likeness (QED) is 0.164. The molecule has 0 spiro atoms. The van der Waals surface area contributed by atoms with E-state index in [4.69, 9.17) is 0 Å². The molecule has 47 heavy (non-hydrogen) atoms. The van der Waals surface area contributed by atoms with E-state index in [-0.39, 0.29) is 14.9 Å². The molecule has 0 atom stereocenters. The van der Waals surface area contributed by atoms with E-state index in [1.165, 1.54) is 28.3 Å². The van der Waals surface area contributed by atoms with E-state index in [1.54, 1.807) is 5.57 Å². The van der Waals surface area contributed by atoms with Crippen molar-refractivity contribution in [1.82, 2.24) is 0 Å². The van der Waals surface area contributed by atoms with Gasteiger partial charge in [0.2, 0.25) is 0 Å². The van der Waals surface area contributed by atoms with Crippen molar-refractivity contribution in [2.45, 2.75) is 167 Å². The monoisotopic (exact) mass is 666 g/mol. The van der Waals surface area contributed by atoms with Crippen molar-refractivity contribution in [3.63, 3.8) is 0 Å². The van der Waals surface area contributed by atoms with Gasteiger partial charge in [0.25, 0.3) is 0 Å². The second-order valence-electron chi connectivity index (χ2n) is 15.5. The fourth-order valence-corrected chi connectivity index (χ4v) is 6.04. The molecule has 0 heterocycles. The lowest BCUT2D eigenvalue weighted by molar-refractivity contribution is 0.615. The molecule has 0 amide bonds. The van der Waals surface area contributed by atoms with Crippen molar-refractivity contribution in [2.24, 2.45) is 74.2 Å². The predicted molar refractivity (Wildman–Crippen MR) is 229 cm³/mol. The normalized spacial score (nSPS) is 10.2. The molecule has 0 radical (unpaired) electrons. The summed E-state index contributed by atoms with van der Waals surface area (Å²) in [4.78, 5) is 12.6. The predicted octanol–water partition coefficient (Wildman–Crippen LogP) is 14.9. The van der Waals surface area contributed by atoms with Crippen molar-refractivity contribution >= 4 is 17.1 Å². The maximum atomic E-state index is 4.20. The Labute approximate surface area is 302 Å². The highest BCUT2D eigenvalue weighted by Crippen LogP contribution is 2.22. The van der Waals surface area contributed by atoms with Gasteiger partial charge in [-0.2, -0.15) is 0 Å². The van der Waals surface area contributed by atoms with Crippen LogP contribution in [-0.4, -0.2) is 38.3 Å². The molecule has 286 valence electrons.